The van der Waals surface area contributed by atoms with Gasteiger partial charge in [-0.15, -0.1) is 0 Å². The van der Waals surface area contributed by atoms with Gasteiger partial charge in [0.15, 0.2) is 5.58 Å². The van der Waals surface area contributed by atoms with Crippen molar-refractivity contribution in [1.29, 1.82) is 0 Å². The minimum Gasteiger partial charge on any atom is -0.455 e. The molecule has 0 radical (unpaired) electrons. The van der Waals surface area contributed by atoms with E-state index in [1.807, 2.05) is 12.1 Å². The molecular formula is C31H23F2N3O5S. The number of nitrogens with one attached hydrogen (secondary N) is 1. The van der Waals surface area contributed by atoms with Gasteiger partial charge >= 0.3 is 0 Å². The highest BCUT2D eigenvalue weighted by Gasteiger charge is 2.27. The van der Waals surface area contributed by atoms with Crippen LogP contribution in [0.1, 0.15) is 10.4 Å². The molecule has 6 rings (SSSR count). The number of carbonyl (C=O) groups is 1. The van der Waals surface area contributed by atoms with Crippen molar-refractivity contribution in [1.82, 2.24) is 10.3 Å². The lowest BCUT2D eigenvalue weighted by molar-refractivity contribution is 0.0964. The predicted molar refractivity (Wildman–Crippen MR) is 157 cm³/mol. The monoisotopic (exact) mass is 587 g/mol. The summed E-state index contributed by atoms with van der Waals surface area (Å²) in [5.74, 6) is -1.20. The highest BCUT2D eigenvalue weighted by Crippen LogP contribution is 2.42. The number of carbonyl (C=O) groups excluding carboxylic acids is 1. The molecule has 4 aromatic carbocycles. The van der Waals surface area contributed by atoms with Gasteiger partial charge in [-0.25, -0.2) is 22.2 Å². The zero-order valence-corrected chi connectivity index (χ0v) is 23.4. The first-order chi connectivity index (χ1) is 20.0. The van der Waals surface area contributed by atoms with Gasteiger partial charge in [0.25, 0.3) is 5.91 Å². The number of anilines is 1. The molecule has 0 unspecified atom stereocenters. The number of sulfonamides is 1. The third kappa shape index (κ3) is 4.67. The van der Waals surface area contributed by atoms with Crippen molar-refractivity contribution in [2.45, 2.75) is 0 Å². The van der Waals surface area contributed by atoms with Crippen molar-refractivity contribution >= 4 is 43.7 Å². The van der Waals surface area contributed by atoms with Gasteiger partial charge in [0.1, 0.15) is 28.5 Å². The summed E-state index contributed by atoms with van der Waals surface area (Å²) in [7, 11) is -1.02. The third-order valence-electron chi connectivity index (χ3n) is 7.00. The van der Waals surface area contributed by atoms with E-state index in [9.17, 15) is 17.6 Å². The van der Waals surface area contributed by atoms with Gasteiger partial charge in [-0.1, -0.05) is 12.1 Å². The first-order valence-corrected chi connectivity index (χ1v) is 14.6. The molecule has 8 nitrogen and oxygen atoms in total. The first kappa shape index (κ1) is 27.2. The molecule has 6 aromatic rings. The van der Waals surface area contributed by atoms with Crippen LogP contribution in [-0.2, 0) is 10.0 Å². The Labute approximate surface area is 239 Å². The number of furan rings is 1. The average molecular weight is 588 g/mol. The number of amides is 1. The van der Waals surface area contributed by atoms with E-state index in [0.717, 1.165) is 10.6 Å². The summed E-state index contributed by atoms with van der Waals surface area (Å²) in [6.07, 6.45) is 1.02. The van der Waals surface area contributed by atoms with Gasteiger partial charge in [0.2, 0.25) is 15.9 Å². The van der Waals surface area contributed by atoms with Crippen LogP contribution in [0.3, 0.4) is 0 Å². The molecular weight excluding hydrogens is 564 g/mol. The molecule has 0 fully saturated rings. The average Bonchev–Trinajstić information content (AvgIpc) is 3.57. The maximum atomic E-state index is 15.6. The minimum atomic E-state index is -3.81. The fourth-order valence-corrected chi connectivity index (χ4v) is 5.31. The number of benzene rings is 4. The molecule has 0 saturated heterocycles. The molecule has 0 aliphatic rings. The van der Waals surface area contributed by atoms with Crippen LogP contribution in [0.4, 0.5) is 14.5 Å². The van der Waals surface area contributed by atoms with E-state index in [-0.39, 0.29) is 39.6 Å². The summed E-state index contributed by atoms with van der Waals surface area (Å²) in [6, 6.07) is 19.8. The van der Waals surface area contributed by atoms with Crippen LogP contribution in [0.25, 0.3) is 56.0 Å². The van der Waals surface area contributed by atoms with E-state index in [1.165, 1.54) is 68.7 Å². The molecule has 1 N–H and O–H groups in total. The Bertz CT molecular complexity index is 2090. The highest BCUT2D eigenvalue weighted by atomic mass is 32.2. The Morgan fingerprint density at radius 2 is 1.60 bits per heavy atom. The maximum absolute atomic E-state index is 15.6. The maximum Gasteiger partial charge on any atom is 0.255 e. The number of nitrogens with zero attached hydrogens (tertiary/aromatic N) is 2. The van der Waals surface area contributed by atoms with Gasteiger partial charge in [-0.2, -0.15) is 0 Å². The van der Waals surface area contributed by atoms with Crippen LogP contribution in [0.2, 0.25) is 0 Å². The Morgan fingerprint density at radius 1 is 0.881 bits per heavy atom. The summed E-state index contributed by atoms with van der Waals surface area (Å²) in [6.45, 7) is 0. The minimum absolute atomic E-state index is 0.0505. The Morgan fingerprint density at radius 3 is 2.29 bits per heavy atom. The van der Waals surface area contributed by atoms with E-state index in [1.54, 1.807) is 12.1 Å². The van der Waals surface area contributed by atoms with Crippen molar-refractivity contribution in [2.75, 3.05) is 24.7 Å². The fourth-order valence-electron chi connectivity index (χ4n) is 4.80. The van der Waals surface area contributed by atoms with Crippen molar-refractivity contribution < 1.29 is 30.8 Å². The second kappa shape index (κ2) is 10.1. The van der Waals surface area contributed by atoms with Crippen LogP contribution in [0, 0.1) is 11.6 Å². The van der Waals surface area contributed by atoms with Gasteiger partial charge in [-0.3, -0.25) is 9.10 Å². The predicted octanol–water partition coefficient (Wildman–Crippen LogP) is 6.61. The van der Waals surface area contributed by atoms with Crippen LogP contribution in [0.5, 0.6) is 0 Å². The summed E-state index contributed by atoms with van der Waals surface area (Å²) in [5.41, 5.74) is 2.72. The van der Waals surface area contributed by atoms with Crippen molar-refractivity contribution in [3.05, 3.63) is 96.1 Å². The van der Waals surface area contributed by atoms with Crippen molar-refractivity contribution in [3.63, 3.8) is 0 Å². The fraction of sp³-hybridized carbons (Fsp3) is 0.0968. The van der Waals surface area contributed by atoms with Crippen LogP contribution < -0.4 is 9.62 Å². The molecule has 11 heteroatoms. The Kier molecular flexibility index (Phi) is 6.53. The second-order valence-corrected chi connectivity index (χ2v) is 11.7. The highest BCUT2D eigenvalue weighted by molar-refractivity contribution is 7.92. The number of fused-ring (bicyclic) bond motifs is 2. The third-order valence-corrected chi connectivity index (χ3v) is 8.19. The van der Waals surface area contributed by atoms with Crippen LogP contribution in [-0.4, -0.2) is 39.7 Å². The lowest BCUT2D eigenvalue weighted by atomic mass is 9.97. The number of hydrogen-bond donors (Lipinski definition) is 1. The zero-order chi connectivity index (χ0) is 29.8. The molecule has 0 bridgehead atoms. The van der Waals surface area contributed by atoms with E-state index >= 15 is 4.39 Å². The van der Waals surface area contributed by atoms with Gasteiger partial charge in [0.05, 0.1) is 17.5 Å². The van der Waals surface area contributed by atoms with Crippen LogP contribution in [0.15, 0.2) is 87.7 Å². The number of hydrogen-bond acceptors (Lipinski definition) is 6. The quantitative estimate of drug-likeness (QED) is 0.235. The molecule has 0 aliphatic carbocycles. The summed E-state index contributed by atoms with van der Waals surface area (Å²) < 4.78 is 67.6. The van der Waals surface area contributed by atoms with Crippen molar-refractivity contribution in [2.24, 2.45) is 0 Å². The van der Waals surface area contributed by atoms with Gasteiger partial charge in [0, 0.05) is 47.8 Å². The molecule has 2 heterocycles. The number of halogens is 2. The molecule has 1 amide bonds. The van der Waals surface area contributed by atoms with Crippen molar-refractivity contribution in [3.8, 4) is 33.9 Å². The van der Waals surface area contributed by atoms with Gasteiger partial charge in [-0.05, 0) is 60.7 Å². The molecule has 0 atom stereocenters. The lowest BCUT2D eigenvalue weighted by Crippen LogP contribution is -2.25. The van der Waals surface area contributed by atoms with Gasteiger partial charge < -0.3 is 14.2 Å². The van der Waals surface area contributed by atoms with E-state index in [4.69, 9.17) is 8.83 Å². The molecule has 2 aromatic heterocycles. The van der Waals surface area contributed by atoms with E-state index < -0.39 is 27.6 Å². The summed E-state index contributed by atoms with van der Waals surface area (Å²) in [4.78, 5) is 17.6. The summed E-state index contributed by atoms with van der Waals surface area (Å²) >= 11 is 0. The SMILES string of the molecule is CNC(=O)c1c(-c2ccc(F)cc2)oc2cc(N(C)S(C)(=O)=O)c(-c3cc(-c4nc5ccccc5o4)ccc3F)cc12. The second-order valence-electron chi connectivity index (χ2n) is 9.67. The topological polar surface area (TPSA) is 106 Å². The molecule has 0 saturated carbocycles. The van der Waals surface area contributed by atoms with Crippen LogP contribution >= 0.6 is 0 Å². The smallest absolute Gasteiger partial charge is 0.255 e. The zero-order valence-electron chi connectivity index (χ0n) is 22.6. The first-order valence-electron chi connectivity index (χ1n) is 12.7. The molecule has 42 heavy (non-hydrogen) atoms. The Hall–Kier alpha value is -5.03. The number of aromatic nitrogens is 1. The molecule has 212 valence electrons. The molecule has 0 aliphatic heterocycles. The Balaban J connectivity index is 1.64. The number of oxazole rings is 1. The van der Waals surface area contributed by atoms with E-state index in [0.29, 0.717) is 27.6 Å². The standard InChI is InChI=1S/C31H23F2N3O5S/c1-34-30(37)28-22-15-21(20-14-18(10-13-23(20)33)31-35-24-6-4-5-7-26(24)41-31)25(36(2)42(3,38)39)16-27(22)40-29(28)17-8-11-19(32)12-9-17/h4-16H,1-3H3,(H,34,37). The molecule has 0 spiro atoms. The largest absolute Gasteiger partial charge is 0.455 e. The normalized spacial score (nSPS) is 11.7. The number of rotatable bonds is 6. The van der Waals surface area contributed by atoms with E-state index in [2.05, 4.69) is 10.3 Å². The lowest BCUT2D eigenvalue weighted by Gasteiger charge is -2.21. The number of para-hydroxylation sites is 2. The summed E-state index contributed by atoms with van der Waals surface area (Å²) in [5, 5.41) is 2.89.